The molecule has 0 saturated carbocycles. The molecule has 0 spiro atoms. The predicted octanol–water partition coefficient (Wildman–Crippen LogP) is 1.31. The fraction of sp³-hybridized carbons (Fsp3) is 0.700. The van der Waals surface area contributed by atoms with Crippen molar-refractivity contribution >= 4 is 17.7 Å². The number of likely N-dealkylation sites (N-methyl/N-ethyl adjacent to an activating group) is 1. The molecule has 0 amide bonds. The van der Waals surface area contributed by atoms with Crippen molar-refractivity contribution < 1.29 is 14.3 Å². The summed E-state index contributed by atoms with van der Waals surface area (Å²) in [7, 11) is 1.64. The highest BCUT2D eigenvalue weighted by Gasteiger charge is 2.33. The molecule has 0 saturated heterocycles. The van der Waals surface area contributed by atoms with Crippen LogP contribution in [-0.2, 0) is 4.79 Å². The third kappa shape index (κ3) is 3.71. The number of nitrogens with zero attached hydrogens (tertiary/aromatic N) is 2. The number of carbonyl (C=O) groups is 1. The number of rotatable bonds is 6. The molecule has 1 heterocycles. The lowest BCUT2D eigenvalue weighted by Gasteiger charge is -2.26. The normalized spacial score (nSPS) is 16.5. The van der Waals surface area contributed by atoms with Gasteiger partial charge in [-0.25, -0.2) is 0 Å². The van der Waals surface area contributed by atoms with Gasteiger partial charge in [0.2, 0.25) is 5.89 Å². The summed E-state index contributed by atoms with van der Waals surface area (Å²) >= 11 is 1.38. The van der Waals surface area contributed by atoms with Gasteiger partial charge in [-0.3, -0.25) is 4.79 Å². The molecule has 1 aromatic heterocycles. The second-order valence-corrected chi connectivity index (χ2v) is 5.50. The van der Waals surface area contributed by atoms with Gasteiger partial charge in [0.15, 0.2) is 0 Å². The molecular formula is C10H17N3O3S. The van der Waals surface area contributed by atoms with E-state index in [2.05, 4.69) is 15.5 Å². The molecule has 2 atom stereocenters. The van der Waals surface area contributed by atoms with Crippen LogP contribution in [0.3, 0.4) is 0 Å². The van der Waals surface area contributed by atoms with E-state index in [1.54, 1.807) is 20.9 Å². The monoisotopic (exact) mass is 259 g/mol. The van der Waals surface area contributed by atoms with Crippen LogP contribution in [0.25, 0.3) is 0 Å². The highest BCUT2D eigenvalue weighted by molar-refractivity contribution is 7.99. The number of nitrogens with one attached hydrogen (secondary N) is 1. The van der Waals surface area contributed by atoms with Crippen molar-refractivity contribution in [3.05, 3.63) is 5.89 Å². The van der Waals surface area contributed by atoms with Crippen molar-refractivity contribution in [3.63, 3.8) is 0 Å². The highest BCUT2D eigenvalue weighted by atomic mass is 32.2. The summed E-state index contributed by atoms with van der Waals surface area (Å²) in [4.78, 5) is 11.1. The molecule has 0 radical (unpaired) electrons. The minimum atomic E-state index is -0.943. The van der Waals surface area contributed by atoms with E-state index in [9.17, 15) is 4.79 Å². The number of aryl methyl sites for hydroxylation is 1. The van der Waals surface area contributed by atoms with Gasteiger partial charge >= 0.3 is 5.97 Å². The standard InChI is InChI=1S/C10H17N3O3S/c1-6(5-10(3,11-4)8(14)15)17-9-13-12-7(2)16-9/h6,11H,5H2,1-4H3,(H,14,15). The van der Waals surface area contributed by atoms with Gasteiger partial charge in [-0.2, -0.15) is 0 Å². The summed E-state index contributed by atoms with van der Waals surface area (Å²) < 4.78 is 5.24. The Morgan fingerprint density at radius 3 is 2.71 bits per heavy atom. The minimum absolute atomic E-state index is 0.0587. The van der Waals surface area contributed by atoms with Gasteiger partial charge < -0.3 is 14.8 Å². The van der Waals surface area contributed by atoms with Crippen molar-refractivity contribution in [1.82, 2.24) is 15.5 Å². The number of carboxylic acid groups (broad SMARTS) is 1. The van der Waals surface area contributed by atoms with E-state index >= 15 is 0 Å². The van der Waals surface area contributed by atoms with Gasteiger partial charge in [0, 0.05) is 12.2 Å². The van der Waals surface area contributed by atoms with Gasteiger partial charge in [-0.05, 0) is 20.4 Å². The molecule has 7 heteroatoms. The SMILES string of the molecule is CNC(C)(CC(C)Sc1nnc(C)o1)C(=O)O. The molecule has 1 rings (SSSR count). The first kappa shape index (κ1) is 14.0. The van der Waals surface area contributed by atoms with Gasteiger partial charge in [0.05, 0.1) is 0 Å². The molecule has 0 fully saturated rings. The lowest BCUT2D eigenvalue weighted by atomic mass is 9.97. The average Bonchev–Trinajstić information content (AvgIpc) is 2.63. The zero-order valence-electron chi connectivity index (χ0n) is 10.4. The number of hydrogen-bond donors (Lipinski definition) is 2. The number of carboxylic acids is 1. The Morgan fingerprint density at radius 1 is 1.65 bits per heavy atom. The molecule has 1 aromatic rings. The topological polar surface area (TPSA) is 88.3 Å². The van der Waals surface area contributed by atoms with Gasteiger partial charge in [0.25, 0.3) is 5.22 Å². The third-order valence-electron chi connectivity index (χ3n) is 2.53. The largest absolute Gasteiger partial charge is 0.480 e. The van der Waals surface area contributed by atoms with Crippen molar-refractivity contribution in [1.29, 1.82) is 0 Å². The van der Waals surface area contributed by atoms with Crippen LogP contribution < -0.4 is 5.32 Å². The Bertz CT molecular complexity index is 396. The van der Waals surface area contributed by atoms with E-state index in [0.29, 0.717) is 17.5 Å². The fourth-order valence-corrected chi connectivity index (χ4v) is 2.43. The van der Waals surface area contributed by atoms with E-state index in [1.165, 1.54) is 11.8 Å². The van der Waals surface area contributed by atoms with Crippen LogP contribution in [0.15, 0.2) is 9.64 Å². The minimum Gasteiger partial charge on any atom is -0.480 e. The molecule has 96 valence electrons. The fourth-order valence-electron chi connectivity index (χ4n) is 1.41. The molecule has 0 aromatic carbocycles. The molecule has 2 N–H and O–H groups in total. The van der Waals surface area contributed by atoms with Crippen LogP contribution in [0, 0.1) is 6.92 Å². The Balaban J connectivity index is 2.59. The average molecular weight is 259 g/mol. The third-order valence-corrected chi connectivity index (χ3v) is 3.46. The van der Waals surface area contributed by atoms with Crippen molar-refractivity contribution in [2.75, 3.05) is 7.05 Å². The molecule has 0 bridgehead atoms. The first-order chi connectivity index (χ1) is 7.87. The Hall–Kier alpha value is -1.08. The van der Waals surface area contributed by atoms with Gasteiger partial charge in [-0.15, -0.1) is 10.2 Å². The zero-order valence-corrected chi connectivity index (χ0v) is 11.2. The van der Waals surface area contributed by atoms with Crippen LogP contribution >= 0.6 is 11.8 Å². The smallest absolute Gasteiger partial charge is 0.323 e. The highest BCUT2D eigenvalue weighted by Crippen LogP contribution is 2.27. The summed E-state index contributed by atoms with van der Waals surface area (Å²) in [5, 5.41) is 20.1. The maximum atomic E-state index is 11.1. The molecule has 2 unspecified atom stereocenters. The predicted molar refractivity (Wildman–Crippen MR) is 64.1 cm³/mol. The van der Waals surface area contributed by atoms with Crippen molar-refractivity contribution in [2.45, 2.75) is 43.2 Å². The van der Waals surface area contributed by atoms with E-state index < -0.39 is 11.5 Å². The summed E-state index contributed by atoms with van der Waals surface area (Å²) in [5.74, 6) is -0.358. The Labute approximate surface area is 104 Å². The summed E-state index contributed by atoms with van der Waals surface area (Å²) in [5.41, 5.74) is -0.943. The second kappa shape index (κ2) is 5.50. The van der Waals surface area contributed by atoms with Crippen molar-refractivity contribution in [3.8, 4) is 0 Å². The number of thioether (sulfide) groups is 1. The maximum absolute atomic E-state index is 11.1. The van der Waals surface area contributed by atoms with Crippen molar-refractivity contribution in [2.24, 2.45) is 0 Å². The summed E-state index contributed by atoms with van der Waals surface area (Å²) in [6.45, 7) is 5.31. The summed E-state index contributed by atoms with van der Waals surface area (Å²) in [6.07, 6.45) is 0.463. The first-order valence-electron chi connectivity index (χ1n) is 5.26. The van der Waals surface area contributed by atoms with E-state index in [-0.39, 0.29) is 5.25 Å². The quantitative estimate of drug-likeness (QED) is 0.744. The van der Waals surface area contributed by atoms with Gasteiger partial charge in [-0.1, -0.05) is 18.7 Å². The molecule has 0 aliphatic heterocycles. The lowest BCUT2D eigenvalue weighted by molar-refractivity contribution is -0.144. The zero-order chi connectivity index (χ0) is 13.1. The number of aliphatic carboxylic acids is 1. The lowest BCUT2D eigenvalue weighted by Crippen LogP contribution is -2.49. The van der Waals surface area contributed by atoms with Crippen LogP contribution in [0.1, 0.15) is 26.2 Å². The van der Waals surface area contributed by atoms with Crippen LogP contribution in [0.2, 0.25) is 0 Å². The Kier molecular flexibility index (Phi) is 4.53. The molecule has 6 nitrogen and oxygen atoms in total. The number of aromatic nitrogens is 2. The van der Waals surface area contributed by atoms with Crippen LogP contribution in [0.4, 0.5) is 0 Å². The van der Waals surface area contributed by atoms with Crippen LogP contribution in [0.5, 0.6) is 0 Å². The molecule has 17 heavy (non-hydrogen) atoms. The molecule has 0 aliphatic carbocycles. The van der Waals surface area contributed by atoms with Gasteiger partial charge in [0.1, 0.15) is 5.54 Å². The second-order valence-electron chi connectivity index (χ2n) is 4.11. The molecular weight excluding hydrogens is 242 g/mol. The maximum Gasteiger partial charge on any atom is 0.323 e. The van der Waals surface area contributed by atoms with E-state index in [4.69, 9.17) is 9.52 Å². The molecule has 0 aliphatic rings. The Morgan fingerprint density at radius 2 is 2.29 bits per heavy atom. The number of hydrogen-bond acceptors (Lipinski definition) is 6. The van der Waals surface area contributed by atoms with E-state index in [1.807, 2.05) is 6.92 Å². The van der Waals surface area contributed by atoms with Crippen LogP contribution in [-0.4, -0.2) is 39.1 Å². The summed E-state index contributed by atoms with van der Waals surface area (Å²) in [6, 6.07) is 0. The van der Waals surface area contributed by atoms with E-state index in [0.717, 1.165) is 0 Å². The first-order valence-corrected chi connectivity index (χ1v) is 6.14.